The van der Waals surface area contributed by atoms with Crippen molar-refractivity contribution in [3.05, 3.63) is 53.1 Å². The van der Waals surface area contributed by atoms with Gasteiger partial charge < -0.3 is 15.1 Å². The molecule has 9 heteroatoms. The van der Waals surface area contributed by atoms with Crippen molar-refractivity contribution < 1.29 is 13.2 Å². The van der Waals surface area contributed by atoms with Gasteiger partial charge in [0.2, 0.25) is 10.0 Å². The summed E-state index contributed by atoms with van der Waals surface area (Å²) < 4.78 is 27.7. The van der Waals surface area contributed by atoms with Gasteiger partial charge in [0.15, 0.2) is 0 Å². The molecule has 2 aliphatic heterocycles. The Morgan fingerprint density at radius 2 is 1.62 bits per heavy atom. The number of nitrogens with zero attached hydrogens (tertiary/aromatic N) is 3. The number of nitrogens with one attached hydrogen (secondary N) is 1. The molecule has 0 spiro atoms. The molecule has 172 valence electrons. The summed E-state index contributed by atoms with van der Waals surface area (Å²) in [6.07, 6.45) is 2.69. The molecule has 0 atom stereocenters. The van der Waals surface area contributed by atoms with Crippen molar-refractivity contribution in [3.8, 4) is 0 Å². The highest BCUT2D eigenvalue weighted by Gasteiger charge is 2.29. The van der Waals surface area contributed by atoms with Gasteiger partial charge in [0.05, 0.1) is 16.4 Å². The van der Waals surface area contributed by atoms with Crippen LogP contribution in [0.25, 0.3) is 0 Å². The lowest BCUT2D eigenvalue weighted by molar-refractivity contribution is 0.102. The first-order valence-corrected chi connectivity index (χ1v) is 12.8. The number of para-hydroxylation sites is 2. The van der Waals surface area contributed by atoms with Gasteiger partial charge in [-0.2, -0.15) is 4.31 Å². The number of piperazine rings is 1. The number of likely N-dealkylation sites (N-methyl/N-ethyl adjacent to an activating group) is 1. The zero-order valence-electron chi connectivity index (χ0n) is 18.3. The average molecular weight is 477 g/mol. The summed E-state index contributed by atoms with van der Waals surface area (Å²) >= 11 is 6.26. The fraction of sp³-hybridized carbons (Fsp3) is 0.435. The second kappa shape index (κ2) is 9.79. The van der Waals surface area contributed by atoms with Crippen LogP contribution < -0.4 is 10.2 Å². The van der Waals surface area contributed by atoms with Gasteiger partial charge in [-0.05, 0) is 50.2 Å². The van der Waals surface area contributed by atoms with Crippen LogP contribution in [-0.2, 0) is 10.0 Å². The third-order valence-corrected chi connectivity index (χ3v) is 8.50. The minimum Gasteiger partial charge on any atom is -0.367 e. The maximum absolute atomic E-state index is 13.1. The molecule has 0 aliphatic carbocycles. The van der Waals surface area contributed by atoms with Crippen LogP contribution in [0.15, 0.2) is 47.4 Å². The number of benzene rings is 2. The van der Waals surface area contributed by atoms with Crippen molar-refractivity contribution in [1.29, 1.82) is 0 Å². The molecule has 4 rings (SSSR count). The zero-order chi connectivity index (χ0) is 22.7. The van der Waals surface area contributed by atoms with E-state index < -0.39 is 10.0 Å². The lowest BCUT2D eigenvalue weighted by atomic mass is 10.1. The van der Waals surface area contributed by atoms with E-state index >= 15 is 0 Å². The van der Waals surface area contributed by atoms with Gasteiger partial charge in [-0.15, -0.1) is 0 Å². The van der Waals surface area contributed by atoms with Crippen LogP contribution in [0.1, 0.15) is 29.6 Å². The molecule has 2 fully saturated rings. The molecule has 0 radical (unpaired) electrons. The molecule has 7 nitrogen and oxygen atoms in total. The molecule has 32 heavy (non-hydrogen) atoms. The Kier molecular flexibility index (Phi) is 7.05. The number of hydrogen-bond donors (Lipinski definition) is 1. The fourth-order valence-corrected chi connectivity index (χ4v) is 6.20. The van der Waals surface area contributed by atoms with E-state index in [2.05, 4.69) is 22.2 Å². The van der Waals surface area contributed by atoms with Gasteiger partial charge >= 0.3 is 0 Å². The number of halogens is 1. The summed E-state index contributed by atoms with van der Waals surface area (Å²) in [5, 5.41) is 3.10. The van der Waals surface area contributed by atoms with Crippen LogP contribution in [0.3, 0.4) is 0 Å². The Bertz CT molecular complexity index is 1080. The van der Waals surface area contributed by atoms with E-state index in [9.17, 15) is 13.2 Å². The molecule has 2 aromatic carbocycles. The molecule has 0 bridgehead atoms. The Hall–Kier alpha value is -2.13. The number of rotatable bonds is 5. The maximum Gasteiger partial charge on any atom is 0.255 e. The van der Waals surface area contributed by atoms with E-state index in [-0.39, 0.29) is 21.4 Å². The van der Waals surface area contributed by atoms with Crippen LogP contribution in [-0.4, -0.2) is 69.8 Å². The van der Waals surface area contributed by atoms with Crippen molar-refractivity contribution in [3.63, 3.8) is 0 Å². The molecule has 0 saturated carbocycles. The van der Waals surface area contributed by atoms with Crippen molar-refractivity contribution in [2.24, 2.45) is 0 Å². The lowest BCUT2D eigenvalue weighted by Gasteiger charge is -2.35. The number of amides is 1. The van der Waals surface area contributed by atoms with Crippen molar-refractivity contribution in [2.75, 3.05) is 56.5 Å². The largest absolute Gasteiger partial charge is 0.367 e. The summed E-state index contributed by atoms with van der Waals surface area (Å²) in [6, 6.07) is 12.1. The molecule has 0 aromatic heterocycles. The Balaban J connectivity index is 1.57. The standard InChI is InChI=1S/C23H29ClN4O3S/c1-26-13-15-27(16-14-26)21-8-4-3-7-20(21)25-23(29)18-9-10-19(24)22(17-18)32(30,31)28-11-5-2-6-12-28/h3-4,7-10,17H,2,5-6,11-16H2,1H3,(H,25,29). The normalized spacial score (nSPS) is 18.5. The van der Waals surface area contributed by atoms with Crippen molar-refractivity contribution >= 4 is 38.9 Å². The topological polar surface area (TPSA) is 73.0 Å². The molecule has 2 aliphatic rings. The molecular weight excluding hydrogens is 448 g/mol. The SMILES string of the molecule is CN1CCN(c2ccccc2NC(=O)c2ccc(Cl)c(S(=O)(=O)N3CCCCC3)c2)CC1. The van der Waals surface area contributed by atoms with Crippen LogP contribution in [0, 0.1) is 0 Å². The van der Waals surface area contributed by atoms with Crippen LogP contribution >= 0.6 is 11.6 Å². The minimum atomic E-state index is -3.74. The first-order valence-electron chi connectivity index (χ1n) is 11.0. The maximum atomic E-state index is 13.1. The summed E-state index contributed by atoms with van der Waals surface area (Å²) in [6.45, 7) is 4.63. The Labute approximate surface area is 195 Å². The molecule has 2 heterocycles. The number of piperidine rings is 1. The predicted molar refractivity (Wildman–Crippen MR) is 128 cm³/mol. The number of sulfonamides is 1. The summed E-state index contributed by atoms with van der Waals surface area (Å²) in [5.74, 6) is -0.363. The van der Waals surface area contributed by atoms with E-state index in [1.807, 2.05) is 24.3 Å². The van der Waals surface area contributed by atoms with Gasteiger partial charge in [-0.3, -0.25) is 4.79 Å². The third kappa shape index (κ3) is 4.93. The van der Waals surface area contributed by atoms with Crippen LogP contribution in [0.5, 0.6) is 0 Å². The quantitative estimate of drug-likeness (QED) is 0.714. The second-order valence-electron chi connectivity index (χ2n) is 8.37. The fourth-order valence-electron chi connectivity index (χ4n) is 4.18. The van der Waals surface area contributed by atoms with Gasteiger partial charge in [0, 0.05) is 44.8 Å². The van der Waals surface area contributed by atoms with E-state index in [0.29, 0.717) is 18.8 Å². The summed E-state index contributed by atoms with van der Waals surface area (Å²) in [4.78, 5) is 17.6. The van der Waals surface area contributed by atoms with Gasteiger partial charge in [0.25, 0.3) is 5.91 Å². The zero-order valence-corrected chi connectivity index (χ0v) is 19.8. The average Bonchev–Trinajstić information content (AvgIpc) is 2.81. The van der Waals surface area contributed by atoms with Crippen LogP contribution in [0.4, 0.5) is 11.4 Å². The van der Waals surface area contributed by atoms with E-state index in [1.165, 1.54) is 16.4 Å². The lowest BCUT2D eigenvalue weighted by Crippen LogP contribution is -2.44. The predicted octanol–water partition coefficient (Wildman–Crippen LogP) is 3.52. The molecule has 0 unspecified atom stereocenters. The van der Waals surface area contributed by atoms with Crippen LogP contribution in [0.2, 0.25) is 5.02 Å². The van der Waals surface area contributed by atoms with Gasteiger partial charge in [-0.1, -0.05) is 30.2 Å². The highest BCUT2D eigenvalue weighted by atomic mass is 35.5. The molecule has 2 aromatic rings. The smallest absolute Gasteiger partial charge is 0.255 e. The molecule has 1 amide bonds. The van der Waals surface area contributed by atoms with Crippen molar-refractivity contribution in [1.82, 2.24) is 9.21 Å². The van der Waals surface area contributed by atoms with Gasteiger partial charge in [0.1, 0.15) is 4.90 Å². The second-order valence-corrected chi connectivity index (χ2v) is 10.7. The van der Waals surface area contributed by atoms with Gasteiger partial charge in [-0.25, -0.2) is 8.42 Å². The first kappa shape index (κ1) is 23.0. The highest BCUT2D eigenvalue weighted by molar-refractivity contribution is 7.89. The molecular formula is C23H29ClN4O3S. The number of hydrogen-bond acceptors (Lipinski definition) is 5. The number of anilines is 2. The monoisotopic (exact) mass is 476 g/mol. The minimum absolute atomic E-state index is 0.0129. The van der Waals surface area contributed by atoms with E-state index in [4.69, 9.17) is 11.6 Å². The summed E-state index contributed by atoms with van der Waals surface area (Å²) in [5.41, 5.74) is 1.93. The third-order valence-electron chi connectivity index (χ3n) is 6.12. The molecule has 1 N–H and O–H groups in total. The van der Waals surface area contributed by atoms with E-state index in [0.717, 1.165) is 51.1 Å². The Morgan fingerprint density at radius 1 is 0.938 bits per heavy atom. The first-order chi connectivity index (χ1) is 15.4. The van der Waals surface area contributed by atoms with E-state index in [1.54, 1.807) is 6.07 Å². The number of carbonyl (C=O) groups excluding carboxylic acids is 1. The Morgan fingerprint density at radius 3 is 2.34 bits per heavy atom. The molecule has 2 saturated heterocycles. The summed E-state index contributed by atoms with van der Waals surface area (Å²) in [7, 11) is -1.65. The highest BCUT2D eigenvalue weighted by Crippen LogP contribution is 2.30. The number of carbonyl (C=O) groups is 1. The van der Waals surface area contributed by atoms with Crippen molar-refractivity contribution in [2.45, 2.75) is 24.2 Å².